The summed E-state index contributed by atoms with van der Waals surface area (Å²) in [6, 6.07) is 4.90. The molecule has 0 heterocycles. The van der Waals surface area contributed by atoms with Gasteiger partial charge in [0.2, 0.25) is 0 Å². The normalized spacial score (nSPS) is 10.0. The van der Waals surface area contributed by atoms with Gasteiger partial charge in [-0.1, -0.05) is 31.4 Å². The number of anilines is 1. The van der Waals surface area contributed by atoms with Gasteiger partial charge in [-0.2, -0.15) is 4.99 Å². The van der Waals surface area contributed by atoms with Gasteiger partial charge in [-0.15, -0.1) is 0 Å². The Morgan fingerprint density at radius 3 is 2.74 bits per heavy atom. The van der Waals surface area contributed by atoms with Crippen molar-refractivity contribution in [2.24, 2.45) is 16.5 Å². The van der Waals surface area contributed by atoms with Crippen molar-refractivity contribution < 1.29 is 4.79 Å². The van der Waals surface area contributed by atoms with Crippen LogP contribution in [0.5, 0.6) is 0 Å². The first-order valence-electron chi connectivity index (χ1n) is 6.22. The Balaban J connectivity index is 2.76. The lowest BCUT2D eigenvalue weighted by molar-refractivity contribution is 0.100. The Kier molecular flexibility index (Phi) is 6.15. The van der Waals surface area contributed by atoms with Crippen molar-refractivity contribution in [1.29, 1.82) is 0 Å². The number of benzene rings is 1. The molecule has 104 valence electrons. The molecule has 5 N–H and O–H groups in total. The van der Waals surface area contributed by atoms with E-state index >= 15 is 0 Å². The maximum atomic E-state index is 11.7. The fourth-order valence-electron chi connectivity index (χ4n) is 1.57. The number of carbonyl (C=O) groups excluding carboxylic acids is 1. The molecule has 1 aromatic carbocycles. The fraction of sp³-hybridized carbons (Fsp3) is 0.385. The zero-order chi connectivity index (χ0) is 14.3. The lowest BCUT2D eigenvalue weighted by Crippen LogP contribution is -2.24. The van der Waals surface area contributed by atoms with E-state index in [0.29, 0.717) is 10.6 Å². The second-order valence-electron chi connectivity index (χ2n) is 4.17. The summed E-state index contributed by atoms with van der Waals surface area (Å²) in [6.45, 7) is 2.95. The second-order valence-corrected chi connectivity index (χ2v) is 4.58. The first-order chi connectivity index (χ1) is 9.04. The topological polar surface area (TPSA) is 93.5 Å². The molecule has 0 spiro atoms. The highest BCUT2D eigenvalue weighted by Gasteiger charge is 2.08. The predicted octanol–water partition coefficient (Wildman–Crippen LogP) is 2.36. The highest BCUT2D eigenvalue weighted by molar-refractivity contribution is 6.33. The second kappa shape index (κ2) is 7.63. The number of hydrogen-bond donors (Lipinski definition) is 3. The summed E-state index contributed by atoms with van der Waals surface area (Å²) in [5, 5.41) is 3.77. The Labute approximate surface area is 118 Å². The van der Waals surface area contributed by atoms with Crippen molar-refractivity contribution >= 4 is 29.2 Å². The molecule has 0 saturated heterocycles. The van der Waals surface area contributed by atoms with Crippen LogP contribution in [0.4, 0.5) is 5.69 Å². The first kappa shape index (κ1) is 15.3. The van der Waals surface area contributed by atoms with Gasteiger partial charge in [0.25, 0.3) is 5.91 Å². The largest absolute Gasteiger partial charge is 0.384 e. The number of nitrogens with one attached hydrogen (secondary N) is 1. The van der Waals surface area contributed by atoms with Crippen molar-refractivity contribution in [3.63, 3.8) is 0 Å². The van der Waals surface area contributed by atoms with Gasteiger partial charge in [0.1, 0.15) is 0 Å². The van der Waals surface area contributed by atoms with Crippen LogP contribution in [0, 0.1) is 0 Å². The van der Waals surface area contributed by atoms with Crippen LogP contribution in [0.2, 0.25) is 5.02 Å². The van der Waals surface area contributed by atoms with Crippen LogP contribution in [0.25, 0.3) is 0 Å². The Morgan fingerprint density at radius 2 is 2.11 bits per heavy atom. The minimum Gasteiger partial charge on any atom is -0.384 e. The van der Waals surface area contributed by atoms with Gasteiger partial charge in [0, 0.05) is 12.1 Å². The van der Waals surface area contributed by atoms with Crippen molar-refractivity contribution in [2.45, 2.75) is 26.2 Å². The van der Waals surface area contributed by atoms with Gasteiger partial charge < -0.3 is 16.8 Å². The summed E-state index contributed by atoms with van der Waals surface area (Å²) in [6.07, 6.45) is 3.36. The highest BCUT2D eigenvalue weighted by Crippen LogP contribution is 2.23. The zero-order valence-corrected chi connectivity index (χ0v) is 11.7. The molecule has 0 fully saturated rings. The molecule has 0 radical (unpaired) electrons. The molecule has 0 unspecified atom stereocenters. The molecule has 6 heteroatoms. The van der Waals surface area contributed by atoms with Gasteiger partial charge in [-0.05, 0) is 24.6 Å². The Morgan fingerprint density at radius 1 is 1.37 bits per heavy atom. The molecule has 0 aliphatic carbocycles. The number of unbranched alkanes of at least 4 members (excludes halogenated alkanes) is 2. The molecule has 0 bridgehead atoms. The zero-order valence-electron chi connectivity index (χ0n) is 10.9. The Hall–Kier alpha value is -1.75. The average molecular weight is 283 g/mol. The number of nitrogens with two attached hydrogens (primary N) is 2. The van der Waals surface area contributed by atoms with E-state index in [1.807, 2.05) is 0 Å². The molecule has 1 amide bonds. The van der Waals surface area contributed by atoms with Crippen LogP contribution < -0.4 is 16.8 Å². The summed E-state index contributed by atoms with van der Waals surface area (Å²) in [4.78, 5) is 15.2. The number of hydrogen-bond acceptors (Lipinski definition) is 2. The smallest absolute Gasteiger partial charge is 0.280 e. The van der Waals surface area contributed by atoms with E-state index in [2.05, 4.69) is 17.2 Å². The van der Waals surface area contributed by atoms with Crippen LogP contribution >= 0.6 is 11.6 Å². The summed E-state index contributed by atoms with van der Waals surface area (Å²) >= 11 is 6.06. The standard InChI is InChI=1S/C13H19ClN4O/c1-2-3-4-7-17-11-8-9(5-6-10(11)14)12(19)18-13(15)16/h5-6,8,17H,2-4,7H2,1H3,(H4,15,16,18,19). The van der Waals surface area contributed by atoms with Crippen LogP contribution in [0.1, 0.15) is 36.5 Å². The molecule has 0 aliphatic heterocycles. The number of amides is 1. The van der Waals surface area contributed by atoms with Crippen LogP contribution in [0.3, 0.4) is 0 Å². The number of guanidine groups is 1. The summed E-state index contributed by atoms with van der Waals surface area (Å²) < 4.78 is 0. The maximum Gasteiger partial charge on any atom is 0.280 e. The lowest BCUT2D eigenvalue weighted by Gasteiger charge is -2.09. The third-order valence-electron chi connectivity index (χ3n) is 2.54. The molecule has 19 heavy (non-hydrogen) atoms. The lowest BCUT2D eigenvalue weighted by atomic mass is 10.2. The van der Waals surface area contributed by atoms with E-state index in [0.717, 1.165) is 31.5 Å². The molecule has 1 aromatic rings. The van der Waals surface area contributed by atoms with E-state index in [4.69, 9.17) is 23.1 Å². The van der Waals surface area contributed by atoms with Gasteiger partial charge in [-0.25, -0.2) is 0 Å². The Bertz CT molecular complexity index is 470. The SMILES string of the molecule is CCCCCNc1cc(C(=O)N=C(N)N)ccc1Cl. The summed E-state index contributed by atoms with van der Waals surface area (Å²) in [7, 11) is 0. The van der Waals surface area contributed by atoms with Crippen molar-refractivity contribution in [1.82, 2.24) is 0 Å². The number of rotatable bonds is 6. The van der Waals surface area contributed by atoms with E-state index in [9.17, 15) is 4.79 Å². The van der Waals surface area contributed by atoms with Crippen molar-refractivity contribution in [2.75, 3.05) is 11.9 Å². The fourth-order valence-corrected chi connectivity index (χ4v) is 1.76. The molecule has 1 rings (SSSR count). The molecule has 0 saturated carbocycles. The third-order valence-corrected chi connectivity index (χ3v) is 2.87. The first-order valence-corrected chi connectivity index (χ1v) is 6.59. The molecular formula is C13H19ClN4O. The maximum absolute atomic E-state index is 11.7. The quantitative estimate of drug-likeness (QED) is 0.424. The highest BCUT2D eigenvalue weighted by atomic mass is 35.5. The number of aliphatic imine (C=N–C) groups is 1. The number of nitrogens with zero attached hydrogens (tertiary/aromatic N) is 1. The van der Waals surface area contributed by atoms with Gasteiger partial charge >= 0.3 is 0 Å². The molecular weight excluding hydrogens is 264 g/mol. The monoisotopic (exact) mass is 282 g/mol. The van der Waals surface area contributed by atoms with E-state index in [1.54, 1.807) is 18.2 Å². The number of carbonyl (C=O) groups is 1. The minimum absolute atomic E-state index is 0.252. The van der Waals surface area contributed by atoms with Gasteiger partial charge in [0.15, 0.2) is 5.96 Å². The van der Waals surface area contributed by atoms with Gasteiger partial charge in [0.05, 0.1) is 10.7 Å². The van der Waals surface area contributed by atoms with Crippen LogP contribution in [0.15, 0.2) is 23.2 Å². The van der Waals surface area contributed by atoms with Crippen LogP contribution in [-0.4, -0.2) is 18.4 Å². The van der Waals surface area contributed by atoms with Gasteiger partial charge in [-0.3, -0.25) is 4.79 Å². The summed E-state index contributed by atoms with van der Waals surface area (Å²) in [5.74, 6) is -0.731. The third kappa shape index (κ3) is 5.18. The van der Waals surface area contributed by atoms with Crippen molar-refractivity contribution in [3.05, 3.63) is 28.8 Å². The van der Waals surface area contributed by atoms with E-state index < -0.39 is 5.91 Å². The molecule has 0 aromatic heterocycles. The summed E-state index contributed by atoms with van der Waals surface area (Å²) in [5.41, 5.74) is 11.5. The predicted molar refractivity (Wildman–Crippen MR) is 79.6 cm³/mol. The van der Waals surface area contributed by atoms with Crippen molar-refractivity contribution in [3.8, 4) is 0 Å². The van der Waals surface area contributed by atoms with Crippen LogP contribution in [-0.2, 0) is 0 Å². The average Bonchev–Trinajstić information content (AvgIpc) is 2.35. The molecule has 0 atom stereocenters. The van der Waals surface area contributed by atoms with E-state index in [-0.39, 0.29) is 5.96 Å². The van der Waals surface area contributed by atoms with E-state index in [1.165, 1.54) is 0 Å². The minimum atomic E-state index is -0.478. The molecule has 5 nitrogen and oxygen atoms in total. The molecule has 0 aliphatic rings. The number of halogens is 1.